The Labute approximate surface area is 113 Å². The predicted octanol–water partition coefficient (Wildman–Crippen LogP) is 1.80. The molecule has 0 aliphatic heterocycles. The van der Waals surface area contributed by atoms with Crippen LogP contribution >= 0.6 is 0 Å². The molecule has 0 fully saturated rings. The minimum Gasteiger partial charge on any atom is -0.386 e. The molecule has 6 heteroatoms. The quantitative estimate of drug-likeness (QED) is 0.609. The third-order valence-electron chi connectivity index (χ3n) is 2.77. The van der Waals surface area contributed by atoms with Crippen molar-refractivity contribution in [3.05, 3.63) is 23.0 Å². The second-order valence-electron chi connectivity index (χ2n) is 4.67. The lowest BCUT2D eigenvalue weighted by Gasteiger charge is -2.18. The van der Waals surface area contributed by atoms with Gasteiger partial charge in [0.25, 0.3) is 0 Å². The first-order valence-electron chi connectivity index (χ1n) is 6.17. The molecule has 0 aromatic carbocycles. The molecule has 0 radical (unpaired) electrons. The third-order valence-corrected chi connectivity index (χ3v) is 2.77. The van der Waals surface area contributed by atoms with Gasteiger partial charge < -0.3 is 21.8 Å². The summed E-state index contributed by atoms with van der Waals surface area (Å²) < 4.78 is 0. The van der Waals surface area contributed by atoms with Gasteiger partial charge in [0.15, 0.2) is 0 Å². The van der Waals surface area contributed by atoms with Gasteiger partial charge >= 0.3 is 6.03 Å². The second kappa shape index (κ2) is 6.17. The number of hydrogen-bond donors (Lipinski definition) is 4. The van der Waals surface area contributed by atoms with Gasteiger partial charge in [0, 0.05) is 7.05 Å². The summed E-state index contributed by atoms with van der Waals surface area (Å²) in [7, 11) is 1.82. The molecular weight excluding hydrogens is 242 g/mol. The van der Waals surface area contributed by atoms with E-state index in [1.165, 1.54) is 0 Å². The van der Waals surface area contributed by atoms with Gasteiger partial charge in [-0.25, -0.2) is 9.78 Å². The topological polar surface area (TPSA) is 104 Å². The highest BCUT2D eigenvalue weighted by Gasteiger charge is 2.15. The van der Waals surface area contributed by atoms with Gasteiger partial charge in [-0.3, -0.25) is 0 Å². The lowest BCUT2D eigenvalue weighted by Crippen LogP contribution is -2.29. The Hall–Kier alpha value is -2.11. The van der Waals surface area contributed by atoms with Crippen molar-refractivity contribution >= 4 is 17.4 Å². The average molecular weight is 263 g/mol. The number of anilines is 1. The molecule has 6 nitrogen and oxygen atoms in total. The van der Waals surface area contributed by atoms with Crippen LogP contribution in [-0.2, 0) is 6.54 Å². The lowest BCUT2D eigenvalue weighted by atomic mass is 9.98. The van der Waals surface area contributed by atoms with E-state index in [9.17, 15) is 4.79 Å². The molecule has 0 aliphatic carbocycles. The number of rotatable bonds is 5. The number of pyridine rings is 1. The first kappa shape index (κ1) is 14.9. The molecule has 0 saturated heterocycles. The van der Waals surface area contributed by atoms with Crippen LogP contribution in [-0.4, -0.2) is 23.8 Å². The molecule has 2 amide bonds. The molecule has 1 aromatic heterocycles. The van der Waals surface area contributed by atoms with E-state index in [1.807, 2.05) is 13.1 Å². The zero-order valence-corrected chi connectivity index (χ0v) is 11.8. The largest absolute Gasteiger partial charge is 0.386 e. The maximum atomic E-state index is 10.8. The van der Waals surface area contributed by atoms with Gasteiger partial charge in [-0.1, -0.05) is 13.8 Å². The number of nitrogens with two attached hydrogens (primary N) is 1. The van der Waals surface area contributed by atoms with Crippen molar-refractivity contribution in [3.63, 3.8) is 0 Å². The molecule has 0 spiro atoms. The molecular formula is C13H21N5O. The van der Waals surface area contributed by atoms with E-state index >= 15 is 0 Å². The smallest absolute Gasteiger partial charge is 0.312 e. The minimum atomic E-state index is -0.585. The van der Waals surface area contributed by atoms with E-state index < -0.39 is 6.03 Å². The van der Waals surface area contributed by atoms with Crippen LogP contribution in [0.3, 0.4) is 0 Å². The van der Waals surface area contributed by atoms with Gasteiger partial charge in [0.2, 0.25) is 0 Å². The third kappa shape index (κ3) is 3.67. The Morgan fingerprint density at radius 3 is 2.58 bits per heavy atom. The van der Waals surface area contributed by atoms with Gasteiger partial charge in [0.05, 0.1) is 23.6 Å². The van der Waals surface area contributed by atoms with Crippen LogP contribution in [0.5, 0.6) is 0 Å². The maximum absolute atomic E-state index is 10.8. The van der Waals surface area contributed by atoms with Crippen molar-refractivity contribution in [2.45, 2.75) is 33.2 Å². The van der Waals surface area contributed by atoms with Gasteiger partial charge in [-0.15, -0.1) is 0 Å². The molecule has 0 unspecified atom stereocenters. The molecule has 104 valence electrons. The van der Waals surface area contributed by atoms with Gasteiger partial charge in [0.1, 0.15) is 5.69 Å². The summed E-state index contributed by atoms with van der Waals surface area (Å²) in [6.45, 7) is 6.10. The summed E-state index contributed by atoms with van der Waals surface area (Å²) in [6.07, 6.45) is 0. The number of amides is 2. The first-order chi connectivity index (χ1) is 8.86. The molecule has 0 aliphatic rings. The standard InChI is InChI=1S/C13H21N5O/c1-7(2)10-5-9(6-17-13(15)19)18-11(8(3)14)12(10)16-4/h5,7,14,16H,6H2,1-4H3,(H3,15,17,19). The Morgan fingerprint density at radius 2 is 2.16 bits per heavy atom. The number of primary amides is 1. The van der Waals surface area contributed by atoms with Crippen molar-refractivity contribution < 1.29 is 4.79 Å². The molecule has 19 heavy (non-hydrogen) atoms. The van der Waals surface area contributed by atoms with E-state index in [4.69, 9.17) is 11.1 Å². The number of aromatic nitrogens is 1. The number of nitrogens with zero attached hydrogens (tertiary/aromatic N) is 1. The number of urea groups is 1. The Kier molecular flexibility index (Phi) is 4.86. The number of carbonyl (C=O) groups excluding carboxylic acids is 1. The Morgan fingerprint density at radius 1 is 1.53 bits per heavy atom. The van der Waals surface area contributed by atoms with E-state index in [0.29, 0.717) is 17.1 Å². The van der Waals surface area contributed by atoms with Crippen LogP contribution in [0.1, 0.15) is 43.6 Å². The summed E-state index contributed by atoms with van der Waals surface area (Å²) in [5, 5.41) is 13.4. The summed E-state index contributed by atoms with van der Waals surface area (Å²) in [5.41, 5.74) is 8.68. The summed E-state index contributed by atoms with van der Waals surface area (Å²) in [5.74, 6) is 0.288. The fraction of sp³-hybridized carbons (Fsp3) is 0.462. The van der Waals surface area contributed by atoms with Crippen LogP contribution in [0.25, 0.3) is 0 Å². The SMILES string of the molecule is CNc1c(C(C)C)cc(CNC(N)=O)nc1C(C)=N. The molecule has 0 bridgehead atoms. The molecule has 0 atom stereocenters. The maximum Gasteiger partial charge on any atom is 0.312 e. The van der Waals surface area contributed by atoms with Crippen LogP contribution in [0.2, 0.25) is 0 Å². The van der Waals surface area contributed by atoms with E-state index in [0.717, 1.165) is 11.3 Å². The van der Waals surface area contributed by atoms with E-state index in [2.05, 4.69) is 29.5 Å². The van der Waals surface area contributed by atoms with E-state index in [-0.39, 0.29) is 12.5 Å². The second-order valence-corrected chi connectivity index (χ2v) is 4.67. The van der Waals surface area contributed by atoms with Crippen molar-refractivity contribution in [3.8, 4) is 0 Å². The van der Waals surface area contributed by atoms with Gasteiger partial charge in [-0.2, -0.15) is 0 Å². The molecule has 1 rings (SSSR count). The van der Waals surface area contributed by atoms with Crippen molar-refractivity contribution in [2.24, 2.45) is 5.73 Å². The van der Waals surface area contributed by atoms with Gasteiger partial charge in [-0.05, 0) is 24.5 Å². The number of nitrogens with one attached hydrogen (secondary N) is 3. The monoisotopic (exact) mass is 263 g/mol. The summed E-state index contributed by atoms with van der Waals surface area (Å²) in [4.78, 5) is 15.2. The fourth-order valence-corrected chi connectivity index (χ4v) is 1.88. The fourth-order valence-electron chi connectivity index (χ4n) is 1.88. The average Bonchev–Trinajstić information content (AvgIpc) is 2.34. The zero-order valence-electron chi connectivity index (χ0n) is 11.8. The Bertz CT molecular complexity index is 496. The van der Waals surface area contributed by atoms with Crippen molar-refractivity contribution in [1.29, 1.82) is 5.41 Å². The number of carbonyl (C=O) groups is 1. The van der Waals surface area contributed by atoms with Crippen LogP contribution in [0.15, 0.2) is 6.07 Å². The first-order valence-corrected chi connectivity index (χ1v) is 6.17. The molecule has 1 heterocycles. The highest BCUT2D eigenvalue weighted by atomic mass is 16.2. The van der Waals surface area contributed by atoms with Crippen LogP contribution in [0, 0.1) is 5.41 Å². The van der Waals surface area contributed by atoms with Crippen molar-refractivity contribution in [1.82, 2.24) is 10.3 Å². The molecule has 0 saturated carbocycles. The van der Waals surface area contributed by atoms with E-state index in [1.54, 1.807) is 6.92 Å². The lowest BCUT2D eigenvalue weighted by molar-refractivity contribution is 0.248. The highest BCUT2D eigenvalue weighted by molar-refractivity contribution is 6.00. The minimum absolute atomic E-state index is 0.263. The summed E-state index contributed by atoms with van der Waals surface area (Å²) >= 11 is 0. The highest BCUT2D eigenvalue weighted by Crippen LogP contribution is 2.27. The van der Waals surface area contributed by atoms with Crippen LogP contribution in [0.4, 0.5) is 10.5 Å². The zero-order chi connectivity index (χ0) is 14.6. The van der Waals surface area contributed by atoms with Crippen molar-refractivity contribution in [2.75, 3.05) is 12.4 Å². The van der Waals surface area contributed by atoms with Crippen LogP contribution < -0.4 is 16.4 Å². The number of hydrogen-bond acceptors (Lipinski definition) is 4. The Balaban J connectivity index is 3.28. The summed E-state index contributed by atoms with van der Waals surface area (Å²) in [6, 6.07) is 1.34. The normalized spacial score (nSPS) is 10.4. The molecule has 5 N–H and O–H groups in total. The predicted molar refractivity (Wildman–Crippen MR) is 76.8 cm³/mol. The molecule has 1 aromatic rings.